The number of rotatable bonds is 3. The van der Waals surface area contributed by atoms with Crippen molar-refractivity contribution in [3.05, 3.63) is 140 Å². The lowest BCUT2D eigenvalue weighted by molar-refractivity contribution is 0.959. The zero-order chi connectivity index (χ0) is 26.6. The highest BCUT2D eigenvalue weighted by atomic mass is 15.1. The minimum atomic E-state index is 0.981. The Morgan fingerprint density at radius 1 is 0.450 bits per heavy atom. The summed E-state index contributed by atoms with van der Waals surface area (Å²) in [5.41, 5.74) is 8.07. The number of aryl methyl sites for hydroxylation is 1. The van der Waals surface area contributed by atoms with Gasteiger partial charge in [-0.2, -0.15) is 0 Å². The number of benzene rings is 7. The Hall–Kier alpha value is -5.21. The van der Waals surface area contributed by atoms with Crippen LogP contribution in [0, 0.1) is 0 Å². The lowest BCUT2D eigenvalue weighted by atomic mass is 9.90. The van der Waals surface area contributed by atoms with Crippen molar-refractivity contribution in [1.82, 2.24) is 9.55 Å². The second-order valence-corrected chi connectivity index (χ2v) is 10.5. The number of hydrogen-bond acceptors (Lipinski definition) is 1. The molecule has 0 aliphatic carbocycles. The van der Waals surface area contributed by atoms with Gasteiger partial charge in [0.05, 0.1) is 11.0 Å². The predicted octanol–water partition coefficient (Wildman–Crippen LogP) is 10.0. The van der Waals surface area contributed by atoms with Crippen molar-refractivity contribution < 1.29 is 0 Å². The maximum atomic E-state index is 5.11. The highest BCUT2D eigenvalue weighted by Crippen LogP contribution is 2.39. The highest BCUT2D eigenvalue weighted by molar-refractivity contribution is 6.21. The number of imidazole rings is 1. The van der Waals surface area contributed by atoms with Crippen LogP contribution in [0.3, 0.4) is 0 Å². The summed E-state index contributed by atoms with van der Waals surface area (Å²) in [4.78, 5) is 5.11. The Balaban J connectivity index is 1.29. The van der Waals surface area contributed by atoms with Crippen LogP contribution >= 0.6 is 0 Å². The summed E-state index contributed by atoms with van der Waals surface area (Å²) in [7, 11) is 2.10. The molecule has 0 saturated carbocycles. The Morgan fingerprint density at radius 2 is 1.10 bits per heavy atom. The fourth-order valence-electron chi connectivity index (χ4n) is 6.22. The van der Waals surface area contributed by atoms with E-state index >= 15 is 0 Å². The maximum Gasteiger partial charge on any atom is 0.140 e. The van der Waals surface area contributed by atoms with Crippen molar-refractivity contribution in [2.75, 3.05) is 0 Å². The van der Waals surface area contributed by atoms with E-state index in [9.17, 15) is 0 Å². The number of fused-ring (bicyclic) bond motifs is 6. The van der Waals surface area contributed by atoms with Crippen molar-refractivity contribution in [3.63, 3.8) is 0 Å². The summed E-state index contributed by atoms with van der Waals surface area (Å²) in [6, 6.07) is 50.2. The molecule has 40 heavy (non-hydrogen) atoms. The van der Waals surface area contributed by atoms with E-state index in [0.29, 0.717) is 0 Å². The third-order valence-electron chi connectivity index (χ3n) is 8.22. The van der Waals surface area contributed by atoms with Gasteiger partial charge in [0.15, 0.2) is 0 Å². The Labute approximate surface area is 232 Å². The van der Waals surface area contributed by atoms with E-state index in [0.717, 1.165) is 28.0 Å². The number of nitrogens with zero attached hydrogens (tertiary/aromatic N) is 2. The number of para-hydroxylation sites is 1. The first kappa shape index (κ1) is 22.7. The van der Waals surface area contributed by atoms with Crippen LogP contribution in [0.25, 0.3) is 77.0 Å². The molecule has 0 saturated heterocycles. The van der Waals surface area contributed by atoms with Crippen molar-refractivity contribution in [2.24, 2.45) is 7.05 Å². The van der Waals surface area contributed by atoms with E-state index in [2.05, 4.69) is 145 Å². The molecule has 0 aliphatic rings. The molecule has 0 atom stereocenters. The van der Waals surface area contributed by atoms with Crippen molar-refractivity contribution >= 4 is 43.4 Å². The molecular formula is C38H26N2. The molecule has 8 rings (SSSR count). The minimum absolute atomic E-state index is 0.981. The summed E-state index contributed by atoms with van der Waals surface area (Å²) in [6.45, 7) is 0. The molecule has 0 bridgehead atoms. The fourth-order valence-corrected chi connectivity index (χ4v) is 6.22. The lowest BCUT2D eigenvalue weighted by Crippen LogP contribution is -1.91. The topological polar surface area (TPSA) is 17.8 Å². The zero-order valence-corrected chi connectivity index (χ0v) is 22.2. The standard InChI is InChI=1S/C38H26N2/c1-40-36-17-9-16-30(37(36)39-38(40)28-11-3-2-4-12-28)26-18-20-27(21-19-26)34-24-35-29-13-6-5-10-25(29)22-23-33(35)31-14-7-8-15-32(31)34/h2-24H,1H3. The summed E-state index contributed by atoms with van der Waals surface area (Å²) in [5.74, 6) is 0.981. The van der Waals surface area contributed by atoms with Gasteiger partial charge in [-0.15, -0.1) is 0 Å². The first-order valence-electron chi connectivity index (χ1n) is 13.7. The fraction of sp³-hybridized carbons (Fsp3) is 0.0263. The molecule has 1 heterocycles. The van der Waals surface area contributed by atoms with Gasteiger partial charge >= 0.3 is 0 Å². The van der Waals surface area contributed by atoms with Gasteiger partial charge in [-0.25, -0.2) is 4.98 Å². The van der Waals surface area contributed by atoms with Gasteiger partial charge in [0.25, 0.3) is 0 Å². The number of hydrogen-bond donors (Lipinski definition) is 0. The first-order chi connectivity index (χ1) is 19.8. The molecular weight excluding hydrogens is 484 g/mol. The van der Waals surface area contributed by atoms with E-state index in [4.69, 9.17) is 4.98 Å². The Kier molecular flexibility index (Phi) is 5.08. The van der Waals surface area contributed by atoms with Crippen molar-refractivity contribution in [3.8, 4) is 33.6 Å². The largest absolute Gasteiger partial charge is 0.327 e. The molecule has 0 radical (unpaired) electrons. The van der Waals surface area contributed by atoms with Gasteiger partial charge in [-0.3, -0.25) is 0 Å². The van der Waals surface area contributed by atoms with Crippen LogP contribution in [0.2, 0.25) is 0 Å². The van der Waals surface area contributed by atoms with Crippen LogP contribution in [-0.2, 0) is 7.05 Å². The molecule has 188 valence electrons. The number of aromatic nitrogens is 2. The molecule has 0 spiro atoms. The molecule has 1 aromatic heterocycles. The van der Waals surface area contributed by atoms with Crippen LogP contribution in [0.4, 0.5) is 0 Å². The summed E-state index contributed by atoms with van der Waals surface area (Å²) < 4.78 is 2.19. The van der Waals surface area contributed by atoms with Gasteiger partial charge in [-0.1, -0.05) is 127 Å². The molecule has 0 amide bonds. The quantitative estimate of drug-likeness (QED) is 0.216. The van der Waals surface area contributed by atoms with Crippen molar-refractivity contribution in [1.29, 1.82) is 0 Å². The lowest BCUT2D eigenvalue weighted by Gasteiger charge is -2.13. The summed E-state index contributed by atoms with van der Waals surface area (Å²) in [6.07, 6.45) is 0. The second-order valence-electron chi connectivity index (χ2n) is 10.5. The van der Waals surface area contributed by atoms with Crippen LogP contribution in [0.15, 0.2) is 140 Å². The van der Waals surface area contributed by atoms with Crippen molar-refractivity contribution in [2.45, 2.75) is 0 Å². The normalized spacial score (nSPS) is 11.6. The van der Waals surface area contributed by atoms with E-state index in [1.807, 2.05) is 6.07 Å². The van der Waals surface area contributed by atoms with E-state index in [1.54, 1.807) is 0 Å². The van der Waals surface area contributed by atoms with Crippen LogP contribution < -0.4 is 0 Å². The Bertz CT molecular complexity index is 2200. The van der Waals surface area contributed by atoms with Gasteiger partial charge in [0, 0.05) is 18.2 Å². The monoisotopic (exact) mass is 510 g/mol. The van der Waals surface area contributed by atoms with Crippen LogP contribution in [0.1, 0.15) is 0 Å². The average Bonchev–Trinajstić information content (AvgIpc) is 3.37. The third-order valence-corrected chi connectivity index (χ3v) is 8.22. The highest BCUT2D eigenvalue weighted by Gasteiger charge is 2.15. The van der Waals surface area contributed by atoms with E-state index in [1.165, 1.54) is 49.0 Å². The van der Waals surface area contributed by atoms with Gasteiger partial charge < -0.3 is 4.57 Å². The Morgan fingerprint density at radius 3 is 1.90 bits per heavy atom. The van der Waals surface area contributed by atoms with Gasteiger partial charge in [0.1, 0.15) is 5.82 Å². The third kappa shape index (κ3) is 3.47. The van der Waals surface area contributed by atoms with Crippen LogP contribution in [0.5, 0.6) is 0 Å². The summed E-state index contributed by atoms with van der Waals surface area (Å²) >= 11 is 0. The average molecular weight is 511 g/mol. The molecule has 2 nitrogen and oxygen atoms in total. The molecule has 0 N–H and O–H groups in total. The molecule has 2 heteroatoms. The van der Waals surface area contributed by atoms with E-state index in [-0.39, 0.29) is 0 Å². The molecule has 0 unspecified atom stereocenters. The van der Waals surface area contributed by atoms with Crippen LogP contribution in [-0.4, -0.2) is 9.55 Å². The molecule has 0 aliphatic heterocycles. The minimum Gasteiger partial charge on any atom is -0.327 e. The SMILES string of the molecule is Cn1c(-c2ccccc2)nc2c(-c3ccc(-c4cc5c6ccccc6ccc5c5ccccc45)cc3)cccc21. The summed E-state index contributed by atoms with van der Waals surface area (Å²) in [5, 5.41) is 7.71. The molecule has 7 aromatic carbocycles. The predicted molar refractivity (Wildman–Crippen MR) is 170 cm³/mol. The zero-order valence-electron chi connectivity index (χ0n) is 22.2. The second kappa shape index (κ2) is 8.93. The first-order valence-corrected chi connectivity index (χ1v) is 13.7. The maximum absolute atomic E-state index is 5.11. The molecule has 0 fully saturated rings. The smallest absolute Gasteiger partial charge is 0.140 e. The van der Waals surface area contributed by atoms with E-state index < -0.39 is 0 Å². The molecule has 8 aromatic rings. The van der Waals surface area contributed by atoms with Gasteiger partial charge in [0.2, 0.25) is 0 Å². The van der Waals surface area contributed by atoms with Gasteiger partial charge in [-0.05, 0) is 61.1 Å².